The highest BCUT2D eigenvalue weighted by Crippen LogP contribution is 2.15. The number of carbonyl (C=O) groups excluding carboxylic acids is 1. The molecule has 0 aliphatic rings. The fourth-order valence-electron chi connectivity index (χ4n) is 1.99. The molecule has 0 aliphatic carbocycles. The molecule has 1 heterocycles. The van der Waals surface area contributed by atoms with E-state index in [1.165, 1.54) is 0 Å². The maximum atomic E-state index is 12.1. The molecule has 5 nitrogen and oxygen atoms in total. The predicted octanol–water partition coefficient (Wildman–Crippen LogP) is 2.03. The molecule has 1 amide bonds. The van der Waals surface area contributed by atoms with Crippen molar-refractivity contribution in [1.29, 1.82) is 0 Å². The average molecular weight is 273 g/mol. The van der Waals surface area contributed by atoms with E-state index in [0.29, 0.717) is 6.54 Å². The van der Waals surface area contributed by atoms with Gasteiger partial charge < -0.3 is 15.2 Å². The van der Waals surface area contributed by atoms with Crippen molar-refractivity contribution in [3.8, 4) is 0 Å². The van der Waals surface area contributed by atoms with E-state index in [2.05, 4.69) is 5.16 Å². The van der Waals surface area contributed by atoms with Crippen LogP contribution in [0.15, 0.2) is 40.9 Å². The third-order valence-corrected chi connectivity index (χ3v) is 3.12. The van der Waals surface area contributed by atoms with Crippen molar-refractivity contribution >= 4 is 5.91 Å². The van der Waals surface area contributed by atoms with Crippen molar-refractivity contribution in [1.82, 2.24) is 10.1 Å². The summed E-state index contributed by atoms with van der Waals surface area (Å²) < 4.78 is 4.98. The highest BCUT2D eigenvalue weighted by atomic mass is 16.5. The SMILES string of the molecule is Cc1cc(CN(C)C(=O)CC(N)c2ccccc2)no1. The quantitative estimate of drug-likeness (QED) is 0.904. The molecule has 1 aromatic carbocycles. The van der Waals surface area contributed by atoms with E-state index in [1.807, 2.05) is 43.3 Å². The van der Waals surface area contributed by atoms with Gasteiger partial charge in [-0.2, -0.15) is 0 Å². The molecule has 0 saturated heterocycles. The smallest absolute Gasteiger partial charge is 0.224 e. The van der Waals surface area contributed by atoms with Gasteiger partial charge in [0, 0.05) is 25.6 Å². The standard InChI is InChI=1S/C15H19N3O2/c1-11-8-13(17-20-11)10-18(2)15(19)9-14(16)12-6-4-3-5-7-12/h3-8,14H,9-10,16H2,1-2H3. The lowest BCUT2D eigenvalue weighted by molar-refractivity contribution is -0.130. The average Bonchev–Trinajstić information content (AvgIpc) is 2.85. The Bertz CT molecular complexity index is 566. The van der Waals surface area contributed by atoms with Crippen LogP contribution in [0, 0.1) is 6.92 Å². The summed E-state index contributed by atoms with van der Waals surface area (Å²) in [6, 6.07) is 11.2. The summed E-state index contributed by atoms with van der Waals surface area (Å²) in [5.41, 5.74) is 7.76. The fourth-order valence-corrected chi connectivity index (χ4v) is 1.99. The van der Waals surface area contributed by atoms with Crippen molar-refractivity contribution in [2.75, 3.05) is 7.05 Å². The molecule has 2 N–H and O–H groups in total. The summed E-state index contributed by atoms with van der Waals surface area (Å²) in [6.07, 6.45) is 0.275. The summed E-state index contributed by atoms with van der Waals surface area (Å²) in [5, 5.41) is 3.88. The second kappa shape index (κ2) is 6.34. The lowest BCUT2D eigenvalue weighted by Gasteiger charge is -2.18. The van der Waals surface area contributed by atoms with Gasteiger partial charge in [-0.15, -0.1) is 0 Å². The molecule has 0 spiro atoms. The summed E-state index contributed by atoms with van der Waals surface area (Å²) in [4.78, 5) is 13.7. The summed E-state index contributed by atoms with van der Waals surface area (Å²) in [6.45, 7) is 2.25. The van der Waals surface area contributed by atoms with Crippen molar-refractivity contribution < 1.29 is 9.32 Å². The molecule has 0 fully saturated rings. The monoisotopic (exact) mass is 273 g/mol. The normalized spacial score (nSPS) is 12.2. The van der Waals surface area contributed by atoms with Crippen molar-refractivity contribution in [3.63, 3.8) is 0 Å². The number of carbonyl (C=O) groups is 1. The Morgan fingerprint density at radius 2 is 2.10 bits per heavy atom. The molecule has 2 rings (SSSR count). The molecule has 2 aromatic rings. The Morgan fingerprint density at radius 3 is 2.70 bits per heavy atom. The second-order valence-electron chi connectivity index (χ2n) is 4.90. The number of amides is 1. The van der Waals surface area contributed by atoms with Crippen LogP contribution >= 0.6 is 0 Å². The van der Waals surface area contributed by atoms with Gasteiger partial charge in [-0.25, -0.2) is 0 Å². The number of nitrogens with two attached hydrogens (primary N) is 1. The number of hydrogen-bond acceptors (Lipinski definition) is 4. The van der Waals surface area contributed by atoms with E-state index < -0.39 is 0 Å². The first-order valence-corrected chi connectivity index (χ1v) is 6.53. The number of aryl methyl sites for hydroxylation is 1. The van der Waals surface area contributed by atoms with Crippen LogP contribution in [-0.2, 0) is 11.3 Å². The Labute approximate surface area is 118 Å². The predicted molar refractivity (Wildman–Crippen MR) is 75.7 cm³/mol. The molecular formula is C15H19N3O2. The van der Waals surface area contributed by atoms with Crippen LogP contribution in [0.3, 0.4) is 0 Å². The zero-order chi connectivity index (χ0) is 14.5. The van der Waals surface area contributed by atoms with Gasteiger partial charge in [0.25, 0.3) is 0 Å². The zero-order valence-corrected chi connectivity index (χ0v) is 11.7. The number of nitrogens with zero attached hydrogens (tertiary/aromatic N) is 2. The molecule has 1 unspecified atom stereocenters. The van der Waals surface area contributed by atoms with Gasteiger partial charge in [0.05, 0.1) is 6.54 Å². The highest BCUT2D eigenvalue weighted by molar-refractivity contribution is 5.76. The van der Waals surface area contributed by atoms with E-state index in [0.717, 1.165) is 17.0 Å². The highest BCUT2D eigenvalue weighted by Gasteiger charge is 2.16. The molecule has 0 bridgehead atoms. The van der Waals surface area contributed by atoms with Crippen molar-refractivity contribution in [2.45, 2.75) is 25.9 Å². The minimum Gasteiger partial charge on any atom is -0.361 e. The Hall–Kier alpha value is -2.14. The van der Waals surface area contributed by atoms with E-state index in [4.69, 9.17) is 10.3 Å². The van der Waals surface area contributed by atoms with Crippen LogP contribution in [0.2, 0.25) is 0 Å². The summed E-state index contributed by atoms with van der Waals surface area (Å²) in [7, 11) is 1.74. The van der Waals surface area contributed by atoms with Crippen LogP contribution in [0.5, 0.6) is 0 Å². The first-order valence-electron chi connectivity index (χ1n) is 6.53. The summed E-state index contributed by atoms with van der Waals surface area (Å²) >= 11 is 0. The largest absolute Gasteiger partial charge is 0.361 e. The number of benzene rings is 1. The Morgan fingerprint density at radius 1 is 1.40 bits per heavy atom. The topological polar surface area (TPSA) is 72.4 Å². The van der Waals surface area contributed by atoms with Gasteiger partial charge in [0.1, 0.15) is 11.5 Å². The molecule has 0 aliphatic heterocycles. The molecule has 106 valence electrons. The van der Waals surface area contributed by atoms with Gasteiger partial charge in [-0.1, -0.05) is 35.5 Å². The second-order valence-corrected chi connectivity index (χ2v) is 4.90. The van der Waals surface area contributed by atoms with Crippen LogP contribution in [0.1, 0.15) is 29.5 Å². The minimum absolute atomic E-state index is 0.0120. The first-order chi connectivity index (χ1) is 9.56. The third-order valence-electron chi connectivity index (χ3n) is 3.12. The fraction of sp³-hybridized carbons (Fsp3) is 0.333. The first kappa shape index (κ1) is 14.3. The lowest BCUT2D eigenvalue weighted by atomic mass is 10.0. The number of rotatable bonds is 5. The Kier molecular flexibility index (Phi) is 4.53. The van der Waals surface area contributed by atoms with Gasteiger partial charge >= 0.3 is 0 Å². The van der Waals surface area contributed by atoms with E-state index in [1.54, 1.807) is 11.9 Å². The molecule has 1 aromatic heterocycles. The van der Waals surface area contributed by atoms with E-state index >= 15 is 0 Å². The summed E-state index contributed by atoms with van der Waals surface area (Å²) in [5.74, 6) is 0.726. The van der Waals surface area contributed by atoms with Gasteiger partial charge in [-0.05, 0) is 12.5 Å². The van der Waals surface area contributed by atoms with Crippen molar-refractivity contribution in [3.05, 3.63) is 53.4 Å². The number of hydrogen-bond donors (Lipinski definition) is 1. The van der Waals surface area contributed by atoms with E-state index in [9.17, 15) is 4.79 Å². The zero-order valence-electron chi connectivity index (χ0n) is 11.7. The van der Waals surface area contributed by atoms with Crippen LogP contribution in [0.25, 0.3) is 0 Å². The lowest BCUT2D eigenvalue weighted by Crippen LogP contribution is -2.29. The number of aromatic nitrogens is 1. The van der Waals surface area contributed by atoms with E-state index in [-0.39, 0.29) is 18.4 Å². The third kappa shape index (κ3) is 3.68. The van der Waals surface area contributed by atoms with Crippen molar-refractivity contribution in [2.24, 2.45) is 5.73 Å². The molecule has 0 saturated carbocycles. The molecule has 1 atom stereocenters. The van der Waals surface area contributed by atoms with Crippen LogP contribution in [0.4, 0.5) is 0 Å². The van der Waals surface area contributed by atoms with Crippen LogP contribution < -0.4 is 5.73 Å². The van der Waals surface area contributed by atoms with Gasteiger partial charge in [-0.3, -0.25) is 4.79 Å². The maximum absolute atomic E-state index is 12.1. The maximum Gasteiger partial charge on any atom is 0.224 e. The minimum atomic E-state index is -0.287. The van der Waals surface area contributed by atoms with Gasteiger partial charge in [0.2, 0.25) is 5.91 Å². The van der Waals surface area contributed by atoms with Crippen LogP contribution in [-0.4, -0.2) is 23.0 Å². The molecule has 0 radical (unpaired) electrons. The molecular weight excluding hydrogens is 254 g/mol. The Balaban J connectivity index is 1.91. The molecule has 20 heavy (non-hydrogen) atoms. The molecule has 5 heteroatoms. The van der Waals surface area contributed by atoms with Gasteiger partial charge in [0.15, 0.2) is 0 Å².